The third-order valence-electron chi connectivity index (χ3n) is 8.49. The molecule has 2 aliphatic heterocycles. The average Bonchev–Trinajstić information content (AvgIpc) is 3.31. The SMILES string of the molecule is CN1CCC(C2=C[N+](CCc3ccccc3)(Cc3ccccc3)c3ccc(OS(=O)(=O)c4ccccc4)cc32)CC1. The summed E-state index contributed by atoms with van der Waals surface area (Å²) in [6, 6.07) is 35.6. The van der Waals surface area contributed by atoms with Crippen LogP contribution in [0.1, 0.15) is 29.5 Å². The van der Waals surface area contributed by atoms with Crippen LogP contribution in [-0.2, 0) is 23.1 Å². The molecule has 210 valence electrons. The van der Waals surface area contributed by atoms with Crippen molar-refractivity contribution in [2.75, 3.05) is 26.7 Å². The minimum Gasteiger partial charge on any atom is -0.379 e. The highest BCUT2D eigenvalue weighted by Crippen LogP contribution is 2.48. The molecule has 2 heterocycles. The van der Waals surface area contributed by atoms with Crippen LogP contribution in [0.3, 0.4) is 0 Å². The summed E-state index contributed by atoms with van der Waals surface area (Å²) in [6.07, 6.45) is 5.58. The highest BCUT2D eigenvalue weighted by molar-refractivity contribution is 7.87. The standard InChI is InChI=1S/C35H37N2O3S/c1-36-22-19-30(20-23-36)34-27-37(26-29-13-7-3-8-14-29,24-21-28-11-5-2-6-12-28)35-18-17-31(25-33(34)35)40-41(38,39)32-15-9-4-10-16-32/h2-18,25,27,30H,19-24,26H2,1H3/q+1. The first kappa shape index (κ1) is 27.5. The van der Waals surface area contributed by atoms with Crippen LogP contribution in [0.15, 0.2) is 120 Å². The Morgan fingerprint density at radius 3 is 2.07 bits per heavy atom. The molecule has 0 N–H and O–H groups in total. The first-order valence-corrected chi connectivity index (χ1v) is 15.8. The smallest absolute Gasteiger partial charge is 0.339 e. The first-order chi connectivity index (χ1) is 19.9. The number of hydrogen-bond donors (Lipinski definition) is 0. The topological polar surface area (TPSA) is 46.6 Å². The van der Waals surface area contributed by atoms with Gasteiger partial charge in [-0.2, -0.15) is 8.42 Å². The van der Waals surface area contributed by atoms with Gasteiger partial charge in [-0.05, 0) is 68.7 Å². The summed E-state index contributed by atoms with van der Waals surface area (Å²) in [6.45, 7) is 3.85. The third-order valence-corrected chi connectivity index (χ3v) is 9.75. The number of likely N-dealkylation sites (tertiary alicyclic amines) is 1. The van der Waals surface area contributed by atoms with Crippen LogP contribution in [0.5, 0.6) is 5.75 Å². The fourth-order valence-electron chi connectivity index (χ4n) is 6.28. The Kier molecular flexibility index (Phi) is 7.80. The van der Waals surface area contributed by atoms with E-state index in [4.69, 9.17) is 4.18 Å². The lowest BCUT2D eigenvalue weighted by molar-refractivity contribution is 0.248. The van der Waals surface area contributed by atoms with E-state index in [1.807, 2.05) is 12.1 Å². The summed E-state index contributed by atoms with van der Waals surface area (Å²) >= 11 is 0. The molecule has 0 aromatic heterocycles. The lowest BCUT2D eigenvalue weighted by atomic mass is 9.86. The molecule has 0 spiro atoms. The van der Waals surface area contributed by atoms with Crippen LogP contribution in [0.2, 0.25) is 0 Å². The van der Waals surface area contributed by atoms with Crippen LogP contribution in [0.25, 0.3) is 5.57 Å². The van der Waals surface area contributed by atoms with Gasteiger partial charge in [-0.15, -0.1) is 0 Å². The maximum absolute atomic E-state index is 13.1. The quantitative estimate of drug-likeness (QED) is 0.164. The van der Waals surface area contributed by atoms with Gasteiger partial charge in [0.25, 0.3) is 0 Å². The second-order valence-electron chi connectivity index (χ2n) is 11.3. The monoisotopic (exact) mass is 565 g/mol. The van der Waals surface area contributed by atoms with Crippen molar-refractivity contribution in [3.05, 3.63) is 132 Å². The molecule has 0 amide bonds. The van der Waals surface area contributed by atoms with Gasteiger partial charge in [0, 0.05) is 29.2 Å². The number of piperidine rings is 1. The van der Waals surface area contributed by atoms with E-state index in [2.05, 4.69) is 84.9 Å². The molecule has 0 aliphatic carbocycles. The van der Waals surface area contributed by atoms with Gasteiger partial charge < -0.3 is 9.08 Å². The Hall–Kier alpha value is -3.71. The van der Waals surface area contributed by atoms with Crippen LogP contribution in [-0.4, -0.2) is 40.0 Å². The van der Waals surface area contributed by atoms with E-state index in [-0.39, 0.29) is 4.90 Å². The summed E-state index contributed by atoms with van der Waals surface area (Å²) in [7, 11) is -1.75. The van der Waals surface area contributed by atoms with Crippen LogP contribution < -0.4 is 8.67 Å². The predicted molar refractivity (Wildman–Crippen MR) is 166 cm³/mol. The molecule has 4 aromatic carbocycles. The van der Waals surface area contributed by atoms with E-state index < -0.39 is 10.1 Å². The second kappa shape index (κ2) is 11.6. The van der Waals surface area contributed by atoms with E-state index in [1.165, 1.54) is 22.4 Å². The minimum atomic E-state index is -3.94. The van der Waals surface area contributed by atoms with Gasteiger partial charge in [-0.1, -0.05) is 78.9 Å². The number of quaternary nitrogens is 1. The fraction of sp³-hybridized carbons (Fsp3) is 0.257. The van der Waals surface area contributed by atoms with Crippen molar-refractivity contribution in [1.29, 1.82) is 0 Å². The largest absolute Gasteiger partial charge is 0.379 e. The zero-order chi connectivity index (χ0) is 28.3. The van der Waals surface area contributed by atoms with Gasteiger partial charge in [0.1, 0.15) is 29.1 Å². The molecule has 1 unspecified atom stereocenters. The lowest BCUT2D eigenvalue weighted by Crippen LogP contribution is -2.43. The fourth-order valence-corrected chi connectivity index (χ4v) is 7.22. The molecule has 4 aromatic rings. The van der Waals surface area contributed by atoms with Crippen molar-refractivity contribution in [2.24, 2.45) is 5.92 Å². The van der Waals surface area contributed by atoms with E-state index in [1.54, 1.807) is 30.3 Å². The summed E-state index contributed by atoms with van der Waals surface area (Å²) in [4.78, 5) is 2.55. The molecular weight excluding hydrogens is 528 g/mol. The Bertz CT molecular complexity index is 1610. The lowest BCUT2D eigenvalue weighted by Gasteiger charge is -2.33. The number of allylic oxidation sites excluding steroid dienone is 1. The summed E-state index contributed by atoms with van der Waals surface area (Å²) in [5.41, 5.74) is 6.24. The summed E-state index contributed by atoms with van der Waals surface area (Å²) in [5.74, 6) is 0.771. The molecular formula is C35H37N2O3S+. The van der Waals surface area contributed by atoms with Crippen molar-refractivity contribution < 1.29 is 12.6 Å². The van der Waals surface area contributed by atoms with E-state index >= 15 is 0 Å². The normalized spacial score (nSPS) is 19.5. The maximum Gasteiger partial charge on any atom is 0.339 e. The molecule has 0 radical (unpaired) electrons. The molecule has 5 nitrogen and oxygen atoms in total. The number of fused-ring (bicyclic) bond motifs is 1. The summed E-state index contributed by atoms with van der Waals surface area (Å²) in [5, 5.41) is 0. The zero-order valence-electron chi connectivity index (χ0n) is 23.5. The first-order valence-electron chi connectivity index (χ1n) is 14.4. The van der Waals surface area contributed by atoms with Crippen molar-refractivity contribution >= 4 is 21.4 Å². The van der Waals surface area contributed by atoms with Gasteiger partial charge in [0.2, 0.25) is 0 Å². The Morgan fingerprint density at radius 2 is 1.41 bits per heavy atom. The molecule has 0 saturated carbocycles. The molecule has 1 saturated heterocycles. The molecule has 41 heavy (non-hydrogen) atoms. The van der Waals surface area contributed by atoms with Gasteiger partial charge in [-0.25, -0.2) is 0 Å². The Morgan fingerprint density at radius 1 is 0.805 bits per heavy atom. The summed E-state index contributed by atoms with van der Waals surface area (Å²) < 4.78 is 32.6. The molecule has 2 aliphatic rings. The number of rotatable bonds is 9. The van der Waals surface area contributed by atoms with Crippen LogP contribution in [0.4, 0.5) is 5.69 Å². The molecule has 0 bridgehead atoms. The third kappa shape index (κ3) is 6.01. The van der Waals surface area contributed by atoms with Gasteiger partial charge in [-0.3, -0.25) is 4.48 Å². The Balaban J connectivity index is 1.42. The maximum atomic E-state index is 13.1. The van der Waals surface area contributed by atoms with Crippen LogP contribution >= 0.6 is 0 Å². The van der Waals surface area contributed by atoms with Gasteiger partial charge in [0.15, 0.2) is 0 Å². The Labute approximate surface area is 244 Å². The predicted octanol–water partition coefficient (Wildman–Crippen LogP) is 6.90. The second-order valence-corrected chi connectivity index (χ2v) is 12.9. The van der Waals surface area contributed by atoms with E-state index in [9.17, 15) is 8.42 Å². The van der Waals surface area contributed by atoms with Gasteiger partial charge in [0.05, 0.1) is 6.54 Å². The molecule has 6 heteroatoms. The number of nitrogens with zero attached hydrogens (tertiary/aromatic N) is 2. The highest BCUT2D eigenvalue weighted by Gasteiger charge is 2.41. The molecule has 6 rings (SSSR count). The molecule has 1 atom stereocenters. The molecule has 1 fully saturated rings. The van der Waals surface area contributed by atoms with E-state index in [0.29, 0.717) is 16.2 Å². The van der Waals surface area contributed by atoms with E-state index in [0.717, 1.165) is 51.0 Å². The van der Waals surface area contributed by atoms with Crippen molar-refractivity contribution in [2.45, 2.75) is 30.7 Å². The van der Waals surface area contributed by atoms with Crippen molar-refractivity contribution in [3.63, 3.8) is 0 Å². The number of hydrogen-bond acceptors (Lipinski definition) is 4. The average molecular weight is 566 g/mol. The van der Waals surface area contributed by atoms with Crippen molar-refractivity contribution in [1.82, 2.24) is 9.38 Å². The number of benzene rings is 4. The highest BCUT2D eigenvalue weighted by atomic mass is 32.2. The van der Waals surface area contributed by atoms with Crippen molar-refractivity contribution in [3.8, 4) is 5.75 Å². The van der Waals surface area contributed by atoms with Gasteiger partial charge >= 0.3 is 10.1 Å². The zero-order valence-corrected chi connectivity index (χ0v) is 24.3. The van der Waals surface area contributed by atoms with Crippen LogP contribution in [0, 0.1) is 5.92 Å². The minimum absolute atomic E-state index is 0.156.